The number of rotatable bonds is 8. The van der Waals surface area contributed by atoms with Gasteiger partial charge in [-0.15, -0.1) is 0 Å². The van der Waals surface area contributed by atoms with Crippen LogP contribution >= 0.6 is 0 Å². The molecule has 0 heterocycles. The summed E-state index contributed by atoms with van der Waals surface area (Å²) in [6.45, 7) is -0.237. The highest BCUT2D eigenvalue weighted by atomic mass is 16.5. The summed E-state index contributed by atoms with van der Waals surface area (Å²) < 4.78 is 10.5. The van der Waals surface area contributed by atoms with Gasteiger partial charge in [0, 0.05) is 5.56 Å². The Morgan fingerprint density at radius 2 is 1.61 bits per heavy atom. The maximum Gasteiger partial charge on any atom is 0.343 e. The summed E-state index contributed by atoms with van der Waals surface area (Å²) in [6, 6.07) is 26.2. The number of amides is 2. The lowest BCUT2D eigenvalue weighted by atomic mass is 10.0. The van der Waals surface area contributed by atoms with E-state index in [4.69, 9.17) is 9.47 Å². The fourth-order valence-electron chi connectivity index (χ4n) is 3.45. The number of hydrogen-bond acceptors (Lipinski definition) is 6. The Morgan fingerprint density at radius 1 is 0.861 bits per heavy atom. The first-order valence-corrected chi connectivity index (χ1v) is 11.1. The molecule has 2 N–H and O–H groups in total. The molecule has 0 saturated heterocycles. The standard InChI is InChI=1S/C28H23N3O5/c1-35-22-14-12-21(13-15-22)28(34)36-23-9-4-6-19(16-23)17-30-31-26(32)18-29-27(33)25-11-5-8-20-7-2-3-10-24(20)25/h2-17H,18H2,1H3,(H,29,33)(H,31,32)/b30-17-. The molecular formula is C28H23N3O5. The predicted octanol–water partition coefficient (Wildman–Crippen LogP) is 3.95. The summed E-state index contributed by atoms with van der Waals surface area (Å²) in [7, 11) is 1.55. The number of fused-ring (bicyclic) bond motifs is 1. The lowest BCUT2D eigenvalue weighted by Gasteiger charge is -2.07. The van der Waals surface area contributed by atoms with Crippen LogP contribution < -0.4 is 20.2 Å². The zero-order valence-electron chi connectivity index (χ0n) is 19.4. The van der Waals surface area contributed by atoms with Crippen LogP contribution in [0.3, 0.4) is 0 Å². The van der Waals surface area contributed by atoms with Gasteiger partial charge in [0.2, 0.25) is 0 Å². The van der Waals surface area contributed by atoms with Crippen LogP contribution in [0.25, 0.3) is 10.8 Å². The average Bonchev–Trinajstić information content (AvgIpc) is 2.91. The van der Waals surface area contributed by atoms with Crippen molar-refractivity contribution in [2.24, 2.45) is 5.10 Å². The molecule has 0 radical (unpaired) electrons. The molecular weight excluding hydrogens is 458 g/mol. The molecule has 0 unspecified atom stereocenters. The SMILES string of the molecule is COc1ccc(C(=O)Oc2cccc(/C=N\NC(=O)CNC(=O)c3cccc4ccccc34)c2)cc1. The largest absolute Gasteiger partial charge is 0.497 e. The van der Waals surface area contributed by atoms with Gasteiger partial charge in [-0.2, -0.15) is 5.10 Å². The van der Waals surface area contributed by atoms with Gasteiger partial charge in [-0.25, -0.2) is 10.2 Å². The molecule has 0 atom stereocenters. The van der Waals surface area contributed by atoms with E-state index in [1.54, 1.807) is 67.8 Å². The third kappa shape index (κ3) is 6.12. The Labute approximate surface area is 207 Å². The summed E-state index contributed by atoms with van der Waals surface area (Å²) >= 11 is 0. The molecule has 0 bridgehead atoms. The molecule has 8 nitrogen and oxygen atoms in total. The quantitative estimate of drug-likeness (QED) is 0.172. The lowest BCUT2D eigenvalue weighted by molar-refractivity contribution is -0.120. The summed E-state index contributed by atoms with van der Waals surface area (Å²) in [4.78, 5) is 37.0. The summed E-state index contributed by atoms with van der Waals surface area (Å²) in [5.41, 5.74) is 3.85. The molecule has 0 saturated carbocycles. The van der Waals surface area contributed by atoms with Crippen molar-refractivity contribution in [2.45, 2.75) is 0 Å². The van der Waals surface area contributed by atoms with Crippen LogP contribution in [0, 0.1) is 0 Å². The summed E-state index contributed by atoms with van der Waals surface area (Å²) in [5.74, 6) is -0.380. The fourth-order valence-corrected chi connectivity index (χ4v) is 3.45. The second-order valence-corrected chi connectivity index (χ2v) is 7.69. The van der Waals surface area contributed by atoms with E-state index >= 15 is 0 Å². The third-order valence-corrected chi connectivity index (χ3v) is 5.24. The Morgan fingerprint density at radius 3 is 2.42 bits per heavy atom. The molecule has 36 heavy (non-hydrogen) atoms. The summed E-state index contributed by atoms with van der Waals surface area (Å²) in [5, 5.41) is 8.26. The first-order valence-electron chi connectivity index (χ1n) is 11.1. The molecule has 0 spiro atoms. The van der Waals surface area contributed by atoms with Crippen molar-refractivity contribution < 1.29 is 23.9 Å². The van der Waals surface area contributed by atoms with E-state index in [0.717, 1.165) is 10.8 Å². The van der Waals surface area contributed by atoms with Gasteiger partial charge in [-0.3, -0.25) is 9.59 Å². The number of carbonyl (C=O) groups is 3. The number of methoxy groups -OCH3 is 1. The third-order valence-electron chi connectivity index (χ3n) is 5.24. The van der Waals surface area contributed by atoms with Crippen molar-refractivity contribution >= 4 is 34.8 Å². The van der Waals surface area contributed by atoms with Crippen molar-refractivity contribution in [1.29, 1.82) is 0 Å². The van der Waals surface area contributed by atoms with Gasteiger partial charge in [-0.05, 0) is 58.8 Å². The van der Waals surface area contributed by atoms with E-state index in [1.807, 2.05) is 30.3 Å². The van der Waals surface area contributed by atoms with Crippen molar-refractivity contribution in [3.8, 4) is 11.5 Å². The van der Waals surface area contributed by atoms with Gasteiger partial charge in [-0.1, -0.05) is 48.5 Å². The second kappa shape index (κ2) is 11.4. The molecule has 0 aliphatic heterocycles. The van der Waals surface area contributed by atoms with Crippen LogP contribution in [-0.2, 0) is 4.79 Å². The molecule has 8 heteroatoms. The zero-order chi connectivity index (χ0) is 25.3. The fraction of sp³-hybridized carbons (Fsp3) is 0.0714. The van der Waals surface area contributed by atoms with Crippen LogP contribution in [0.4, 0.5) is 0 Å². The lowest BCUT2D eigenvalue weighted by Crippen LogP contribution is -2.35. The van der Waals surface area contributed by atoms with Gasteiger partial charge in [0.15, 0.2) is 0 Å². The first-order chi connectivity index (χ1) is 17.5. The maximum atomic E-state index is 12.5. The number of carbonyl (C=O) groups excluding carboxylic acids is 3. The molecule has 0 aliphatic rings. The van der Waals surface area contributed by atoms with Crippen molar-refractivity contribution in [1.82, 2.24) is 10.7 Å². The minimum Gasteiger partial charge on any atom is -0.497 e. The number of benzene rings is 4. The topological polar surface area (TPSA) is 106 Å². The Kier molecular flexibility index (Phi) is 7.67. The van der Waals surface area contributed by atoms with Crippen molar-refractivity contribution in [2.75, 3.05) is 13.7 Å². The average molecular weight is 482 g/mol. The number of nitrogens with one attached hydrogen (secondary N) is 2. The van der Waals surface area contributed by atoms with Crippen molar-refractivity contribution in [3.05, 3.63) is 108 Å². The van der Waals surface area contributed by atoms with Crippen LogP contribution in [0.5, 0.6) is 11.5 Å². The number of ether oxygens (including phenoxy) is 2. The molecule has 0 fully saturated rings. The number of hydrogen-bond donors (Lipinski definition) is 2. The van der Waals surface area contributed by atoms with Gasteiger partial charge in [0.1, 0.15) is 11.5 Å². The number of nitrogens with zero attached hydrogens (tertiary/aromatic N) is 1. The van der Waals surface area contributed by atoms with Gasteiger partial charge < -0.3 is 14.8 Å². The van der Waals surface area contributed by atoms with E-state index < -0.39 is 11.9 Å². The monoisotopic (exact) mass is 481 g/mol. The van der Waals surface area contributed by atoms with E-state index in [1.165, 1.54) is 6.21 Å². The highest BCUT2D eigenvalue weighted by molar-refractivity contribution is 6.07. The normalized spacial score (nSPS) is 10.7. The molecule has 4 aromatic carbocycles. The van der Waals surface area contributed by atoms with E-state index in [0.29, 0.717) is 28.2 Å². The predicted molar refractivity (Wildman–Crippen MR) is 136 cm³/mol. The van der Waals surface area contributed by atoms with E-state index in [2.05, 4.69) is 15.8 Å². The highest BCUT2D eigenvalue weighted by Crippen LogP contribution is 2.18. The van der Waals surface area contributed by atoms with Gasteiger partial charge >= 0.3 is 5.97 Å². The zero-order valence-corrected chi connectivity index (χ0v) is 19.4. The molecule has 180 valence electrons. The number of hydrazone groups is 1. The smallest absolute Gasteiger partial charge is 0.343 e. The first kappa shape index (κ1) is 24.2. The number of esters is 1. The Hall–Kier alpha value is -4.98. The second-order valence-electron chi connectivity index (χ2n) is 7.69. The summed E-state index contributed by atoms with van der Waals surface area (Å²) in [6.07, 6.45) is 1.41. The van der Waals surface area contributed by atoms with Crippen molar-refractivity contribution in [3.63, 3.8) is 0 Å². The highest BCUT2D eigenvalue weighted by Gasteiger charge is 2.11. The maximum absolute atomic E-state index is 12.5. The molecule has 4 aromatic rings. The molecule has 2 amide bonds. The van der Waals surface area contributed by atoms with E-state index in [-0.39, 0.29) is 12.5 Å². The van der Waals surface area contributed by atoms with Crippen LogP contribution in [0.1, 0.15) is 26.3 Å². The van der Waals surface area contributed by atoms with Crippen LogP contribution in [0.2, 0.25) is 0 Å². The molecule has 0 aromatic heterocycles. The molecule has 0 aliphatic carbocycles. The van der Waals surface area contributed by atoms with E-state index in [9.17, 15) is 14.4 Å². The Bertz CT molecular complexity index is 1430. The van der Waals surface area contributed by atoms with Gasteiger partial charge in [0.25, 0.3) is 11.8 Å². The minimum atomic E-state index is -0.512. The Balaban J connectivity index is 1.29. The minimum absolute atomic E-state index is 0.237. The van der Waals surface area contributed by atoms with Gasteiger partial charge in [0.05, 0.1) is 25.4 Å². The molecule has 4 rings (SSSR count). The van der Waals surface area contributed by atoms with Crippen LogP contribution in [0.15, 0.2) is 96.1 Å². The van der Waals surface area contributed by atoms with Crippen LogP contribution in [-0.4, -0.2) is 37.7 Å².